The molecule has 2 aromatic rings. The zero-order valence-corrected chi connectivity index (χ0v) is 15.1. The molecule has 0 aromatic heterocycles. The molecule has 0 heterocycles. The Kier molecular flexibility index (Phi) is 7.44. The Labute approximate surface area is 153 Å². The van der Waals surface area contributed by atoms with Crippen LogP contribution in [0.5, 0.6) is 11.5 Å². The smallest absolute Gasteiger partial charge is 0.336 e. The van der Waals surface area contributed by atoms with Crippen LogP contribution in [0.3, 0.4) is 0 Å². The standard InChI is InChI=1S/C20H25NO5/c1-3-25-17-10-9-15(12-18(17)24-2)11-16(21)19(22)20(23)26-13-14-7-5-4-6-8-14/h4-10,12,16,19,22H,3,11,13,21H2,1-2H3. The maximum absolute atomic E-state index is 12.0. The van der Waals surface area contributed by atoms with Gasteiger partial charge in [-0.2, -0.15) is 0 Å². The van der Waals surface area contributed by atoms with Gasteiger partial charge in [-0.25, -0.2) is 4.79 Å². The topological polar surface area (TPSA) is 91.0 Å². The van der Waals surface area contributed by atoms with Gasteiger partial charge in [-0.15, -0.1) is 0 Å². The van der Waals surface area contributed by atoms with E-state index < -0.39 is 18.1 Å². The summed E-state index contributed by atoms with van der Waals surface area (Å²) >= 11 is 0. The Morgan fingerprint density at radius 1 is 1.12 bits per heavy atom. The highest BCUT2D eigenvalue weighted by atomic mass is 16.5. The van der Waals surface area contributed by atoms with Gasteiger partial charge < -0.3 is 25.1 Å². The lowest BCUT2D eigenvalue weighted by atomic mass is 10.0. The molecule has 26 heavy (non-hydrogen) atoms. The van der Waals surface area contributed by atoms with E-state index in [1.807, 2.05) is 43.3 Å². The third kappa shape index (κ3) is 5.47. The lowest BCUT2D eigenvalue weighted by Crippen LogP contribution is -2.42. The minimum Gasteiger partial charge on any atom is -0.493 e. The van der Waals surface area contributed by atoms with Gasteiger partial charge in [0.05, 0.1) is 13.7 Å². The van der Waals surface area contributed by atoms with Gasteiger partial charge in [0, 0.05) is 6.04 Å². The third-order valence-corrected chi connectivity index (χ3v) is 3.87. The summed E-state index contributed by atoms with van der Waals surface area (Å²) < 4.78 is 15.9. The molecular formula is C20H25NO5. The van der Waals surface area contributed by atoms with Gasteiger partial charge >= 0.3 is 5.97 Å². The number of nitrogens with two attached hydrogens (primary N) is 1. The van der Waals surface area contributed by atoms with E-state index in [-0.39, 0.29) is 6.61 Å². The summed E-state index contributed by atoms with van der Waals surface area (Å²) in [5, 5.41) is 10.1. The Morgan fingerprint density at radius 2 is 1.85 bits per heavy atom. The summed E-state index contributed by atoms with van der Waals surface area (Å²) in [5.74, 6) is 0.479. The molecule has 0 saturated carbocycles. The molecule has 0 aliphatic heterocycles. The first-order chi connectivity index (χ1) is 12.5. The number of ether oxygens (including phenoxy) is 3. The first-order valence-electron chi connectivity index (χ1n) is 8.49. The summed E-state index contributed by atoms with van der Waals surface area (Å²) in [4.78, 5) is 12.0. The van der Waals surface area contributed by atoms with Crippen molar-refractivity contribution in [1.82, 2.24) is 0 Å². The van der Waals surface area contributed by atoms with Crippen molar-refractivity contribution in [3.8, 4) is 11.5 Å². The van der Waals surface area contributed by atoms with Gasteiger partial charge in [-0.05, 0) is 36.6 Å². The fraction of sp³-hybridized carbons (Fsp3) is 0.350. The molecule has 2 aromatic carbocycles. The Bertz CT molecular complexity index is 705. The molecule has 3 N–H and O–H groups in total. The second-order valence-electron chi connectivity index (χ2n) is 5.82. The fourth-order valence-electron chi connectivity index (χ4n) is 2.49. The van der Waals surface area contributed by atoms with Crippen molar-refractivity contribution in [2.24, 2.45) is 5.73 Å². The number of benzene rings is 2. The summed E-state index contributed by atoms with van der Waals surface area (Å²) in [5.41, 5.74) is 7.66. The maximum atomic E-state index is 12.0. The Balaban J connectivity index is 1.93. The highest BCUT2D eigenvalue weighted by molar-refractivity contribution is 5.75. The van der Waals surface area contributed by atoms with Crippen molar-refractivity contribution >= 4 is 5.97 Å². The molecule has 6 nitrogen and oxygen atoms in total. The van der Waals surface area contributed by atoms with E-state index in [0.29, 0.717) is 24.5 Å². The van der Waals surface area contributed by atoms with Crippen LogP contribution in [0.25, 0.3) is 0 Å². The lowest BCUT2D eigenvalue weighted by Gasteiger charge is -2.18. The maximum Gasteiger partial charge on any atom is 0.336 e. The molecule has 140 valence electrons. The molecule has 2 rings (SSSR count). The highest BCUT2D eigenvalue weighted by Crippen LogP contribution is 2.28. The van der Waals surface area contributed by atoms with Crippen molar-refractivity contribution in [3.05, 3.63) is 59.7 Å². The van der Waals surface area contributed by atoms with Crippen LogP contribution in [-0.2, 0) is 22.6 Å². The first kappa shape index (κ1) is 19.8. The predicted octanol–water partition coefficient (Wildman–Crippen LogP) is 2.07. The quantitative estimate of drug-likeness (QED) is 0.666. The summed E-state index contributed by atoms with van der Waals surface area (Å²) in [6.07, 6.45) is -1.11. The van der Waals surface area contributed by atoms with Crippen LogP contribution in [0.2, 0.25) is 0 Å². The van der Waals surface area contributed by atoms with Crippen LogP contribution in [0.4, 0.5) is 0 Å². The zero-order chi connectivity index (χ0) is 18.9. The van der Waals surface area contributed by atoms with Crippen LogP contribution >= 0.6 is 0 Å². The number of hydrogen-bond acceptors (Lipinski definition) is 6. The van der Waals surface area contributed by atoms with Crippen LogP contribution < -0.4 is 15.2 Å². The average molecular weight is 359 g/mol. The highest BCUT2D eigenvalue weighted by Gasteiger charge is 2.25. The number of rotatable bonds is 9. The third-order valence-electron chi connectivity index (χ3n) is 3.87. The number of methoxy groups -OCH3 is 1. The SMILES string of the molecule is CCOc1ccc(CC(N)C(O)C(=O)OCc2ccccc2)cc1OC. The molecule has 0 amide bonds. The van der Waals surface area contributed by atoms with Crippen molar-refractivity contribution in [2.45, 2.75) is 32.1 Å². The normalized spacial score (nSPS) is 12.9. The van der Waals surface area contributed by atoms with Crippen molar-refractivity contribution < 1.29 is 24.1 Å². The van der Waals surface area contributed by atoms with E-state index in [1.54, 1.807) is 19.2 Å². The molecule has 0 spiro atoms. The van der Waals surface area contributed by atoms with Crippen LogP contribution in [0.1, 0.15) is 18.1 Å². The number of carbonyl (C=O) groups is 1. The minimum absolute atomic E-state index is 0.0975. The van der Waals surface area contributed by atoms with Gasteiger partial charge in [0.25, 0.3) is 0 Å². The Morgan fingerprint density at radius 3 is 2.50 bits per heavy atom. The van der Waals surface area contributed by atoms with Crippen molar-refractivity contribution in [1.29, 1.82) is 0 Å². The van der Waals surface area contributed by atoms with Gasteiger partial charge in [-0.3, -0.25) is 0 Å². The molecule has 0 radical (unpaired) electrons. The van der Waals surface area contributed by atoms with Gasteiger partial charge in [0.2, 0.25) is 0 Å². The van der Waals surface area contributed by atoms with Crippen LogP contribution in [0, 0.1) is 0 Å². The van der Waals surface area contributed by atoms with Crippen LogP contribution in [-0.4, -0.2) is 36.9 Å². The molecule has 0 bridgehead atoms. The van der Waals surface area contributed by atoms with Crippen LogP contribution in [0.15, 0.2) is 48.5 Å². The summed E-state index contributed by atoms with van der Waals surface area (Å²) in [6, 6.07) is 13.9. The van der Waals surface area contributed by atoms with Crippen molar-refractivity contribution in [2.75, 3.05) is 13.7 Å². The van der Waals surface area contributed by atoms with Gasteiger partial charge in [-0.1, -0.05) is 36.4 Å². The molecule has 6 heteroatoms. The number of aliphatic hydroxyl groups excluding tert-OH is 1. The lowest BCUT2D eigenvalue weighted by molar-refractivity contribution is -0.156. The number of hydrogen-bond donors (Lipinski definition) is 2. The van der Waals surface area contributed by atoms with Gasteiger partial charge in [0.15, 0.2) is 17.6 Å². The van der Waals surface area contributed by atoms with E-state index in [9.17, 15) is 9.90 Å². The number of carbonyl (C=O) groups excluding carboxylic acids is 1. The van der Waals surface area contributed by atoms with E-state index in [0.717, 1.165) is 11.1 Å². The van der Waals surface area contributed by atoms with E-state index in [4.69, 9.17) is 19.9 Å². The second-order valence-corrected chi connectivity index (χ2v) is 5.82. The first-order valence-corrected chi connectivity index (χ1v) is 8.49. The van der Waals surface area contributed by atoms with E-state index >= 15 is 0 Å². The summed E-state index contributed by atoms with van der Waals surface area (Å²) in [6.45, 7) is 2.52. The zero-order valence-electron chi connectivity index (χ0n) is 15.1. The van der Waals surface area contributed by atoms with Gasteiger partial charge in [0.1, 0.15) is 6.61 Å². The number of aliphatic hydroxyl groups is 1. The largest absolute Gasteiger partial charge is 0.493 e. The Hall–Kier alpha value is -2.57. The number of esters is 1. The fourth-order valence-corrected chi connectivity index (χ4v) is 2.49. The van der Waals surface area contributed by atoms with E-state index in [2.05, 4.69) is 0 Å². The van der Waals surface area contributed by atoms with Crippen molar-refractivity contribution in [3.63, 3.8) is 0 Å². The molecule has 0 saturated heterocycles. The molecule has 2 unspecified atom stereocenters. The van der Waals surface area contributed by atoms with E-state index in [1.165, 1.54) is 0 Å². The molecule has 2 atom stereocenters. The predicted molar refractivity (Wildman–Crippen MR) is 98.1 cm³/mol. The molecule has 0 fully saturated rings. The molecular weight excluding hydrogens is 334 g/mol. The average Bonchev–Trinajstić information content (AvgIpc) is 2.67. The minimum atomic E-state index is -1.41. The summed E-state index contributed by atoms with van der Waals surface area (Å²) in [7, 11) is 1.55. The molecule has 0 aliphatic rings. The second kappa shape index (κ2) is 9.79. The monoisotopic (exact) mass is 359 g/mol. The molecule has 0 aliphatic carbocycles.